The Kier molecular flexibility index (Phi) is 3.48. The van der Waals surface area contributed by atoms with Crippen LogP contribution in [0.2, 0.25) is 0 Å². The van der Waals surface area contributed by atoms with E-state index in [0.29, 0.717) is 5.56 Å². The summed E-state index contributed by atoms with van der Waals surface area (Å²) in [4.78, 5) is 2.04. The SMILES string of the molecule is NC(c1ccc(F)c(F)c1)N1CCNCC1. The maximum atomic E-state index is 13.0. The summed E-state index contributed by atoms with van der Waals surface area (Å²) < 4.78 is 25.8. The number of hydrogen-bond donors (Lipinski definition) is 2. The van der Waals surface area contributed by atoms with Crippen LogP contribution in [0.1, 0.15) is 11.7 Å². The maximum absolute atomic E-state index is 13.0. The molecule has 2 rings (SSSR count). The molecule has 1 unspecified atom stereocenters. The molecule has 1 aliphatic rings. The summed E-state index contributed by atoms with van der Waals surface area (Å²) in [5.41, 5.74) is 6.61. The van der Waals surface area contributed by atoms with Crippen molar-refractivity contribution in [2.75, 3.05) is 26.2 Å². The molecule has 1 atom stereocenters. The van der Waals surface area contributed by atoms with Gasteiger partial charge in [-0.05, 0) is 17.7 Å². The molecular formula is C11H15F2N3. The second kappa shape index (κ2) is 4.86. The van der Waals surface area contributed by atoms with E-state index in [2.05, 4.69) is 5.32 Å². The fraction of sp³-hybridized carbons (Fsp3) is 0.455. The summed E-state index contributed by atoms with van der Waals surface area (Å²) in [6, 6.07) is 3.82. The second-order valence-electron chi connectivity index (χ2n) is 3.90. The van der Waals surface area contributed by atoms with E-state index in [9.17, 15) is 8.78 Å². The van der Waals surface area contributed by atoms with Gasteiger partial charge in [0.1, 0.15) is 0 Å². The lowest BCUT2D eigenvalue weighted by Gasteiger charge is -2.32. The maximum Gasteiger partial charge on any atom is 0.159 e. The number of nitrogens with two attached hydrogens (primary N) is 1. The average molecular weight is 227 g/mol. The van der Waals surface area contributed by atoms with Crippen LogP contribution < -0.4 is 11.1 Å². The van der Waals surface area contributed by atoms with Gasteiger partial charge in [0.25, 0.3) is 0 Å². The van der Waals surface area contributed by atoms with Gasteiger partial charge in [-0.1, -0.05) is 6.07 Å². The molecule has 1 fully saturated rings. The minimum Gasteiger partial charge on any atom is -0.314 e. The van der Waals surface area contributed by atoms with Gasteiger partial charge < -0.3 is 11.1 Å². The van der Waals surface area contributed by atoms with E-state index in [0.717, 1.165) is 32.2 Å². The number of benzene rings is 1. The van der Waals surface area contributed by atoms with Crippen LogP contribution in [0.5, 0.6) is 0 Å². The normalized spacial score (nSPS) is 19.7. The Morgan fingerprint density at radius 3 is 2.50 bits per heavy atom. The lowest BCUT2D eigenvalue weighted by Crippen LogP contribution is -2.47. The predicted molar refractivity (Wildman–Crippen MR) is 57.7 cm³/mol. The number of nitrogens with zero attached hydrogens (tertiary/aromatic N) is 1. The van der Waals surface area contributed by atoms with Gasteiger partial charge in [-0.2, -0.15) is 0 Å². The minimum atomic E-state index is -0.844. The van der Waals surface area contributed by atoms with Gasteiger partial charge in [0.15, 0.2) is 11.6 Å². The van der Waals surface area contributed by atoms with E-state index in [1.807, 2.05) is 4.90 Å². The van der Waals surface area contributed by atoms with Crippen molar-refractivity contribution >= 4 is 0 Å². The molecule has 3 nitrogen and oxygen atoms in total. The number of halogens is 2. The molecule has 1 saturated heterocycles. The van der Waals surface area contributed by atoms with E-state index in [1.54, 1.807) is 0 Å². The number of rotatable bonds is 2. The highest BCUT2D eigenvalue weighted by Crippen LogP contribution is 2.18. The lowest BCUT2D eigenvalue weighted by molar-refractivity contribution is 0.177. The highest BCUT2D eigenvalue weighted by atomic mass is 19.2. The van der Waals surface area contributed by atoms with Crippen LogP contribution in [0.4, 0.5) is 8.78 Å². The third-order valence-corrected chi connectivity index (χ3v) is 2.83. The molecule has 0 spiro atoms. The predicted octanol–water partition coefficient (Wildman–Crippen LogP) is 0.827. The van der Waals surface area contributed by atoms with Gasteiger partial charge in [-0.15, -0.1) is 0 Å². The van der Waals surface area contributed by atoms with E-state index < -0.39 is 11.6 Å². The Labute approximate surface area is 93.2 Å². The molecule has 88 valence electrons. The largest absolute Gasteiger partial charge is 0.314 e. The van der Waals surface area contributed by atoms with Gasteiger partial charge >= 0.3 is 0 Å². The summed E-state index contributed by atoms with van der Waals surface area (Å²) >= 11 is 0. The summed E-state index contributed by atoms with van der Waals surface area (Å²) in [7, 11) is 0. The van der Waals surface area contributed by atoms with E-state index in [4.69, 9.17) is 5.73 Å². The lowest BCUT2D eigenvalue weighted by atomic mass is 10.1. The molecule has 0 saturated carbocycles. The van der Waals surface area contributed by atoms with Crippen molar-refractivity contribution in [3.8, 4) is 0 Å². The molecule has 0 aliphatic carbocycles. The topological polar surface area (TPSA) is 41.3 Å². The molecule has 0 amide bonds. The van der Waals surface area contributed by atoms with Gasteiger partial charge in [-0.3, -0.25) is 4.90 Å². The van der Waals surface area contributed by atoms with Crippen molar-refractivity contribution in [1.82, 2.24) is 10.2 Å². The third-order valence-electron chi connectivity index (χ3n) is 2.83. The van der Waals surface area contributed by atoms with Crippen LogP contribution in [0.25, 0.3) is 0 Å². The second-order valence-corrected chi connectivity index (χ2v) is 3.90. The van der Waals surface area contributed by atoms with Crippen LogP contribution in [-0.2, 0) is 0 Å². The Bertz CT molecular complexity index is 364. The molecule has 5 heteroatoms. The molecule has 0 radical (unpaired) electrons. The van der Waals surface area contributed by atoms with E-state index >= 15 is 0 Å². The Morgan fingerprint density at radius 2 is 1.88 bits per heavy atom. The first kappa shape index (κ1) is 11.4. The number of piperazine rings is 1. The molecule has 1 aromatic rings. The minimum absolute atomic E-state index is 0.364. The average Bonchev–Trinajstić information content (AvgIpc) is 2.33. The van der Waals surface area contributed by atoms with E-state index in [1.165, 1.54) is 12.1 Å². The molecule has 1 aromatic carbocycles. The van der Waals surface area contributed by atoms with Crippen LogP contribution >= 0.6 is 0 Å². The first-order chi connectivity index (χ1) is 7.68. The first-order valence-corrected chi connectivity index (χ1v) is 5.34. The molecule has 0 aromatic heterocycles. The third kappa shape index (κ3) is 2.37. The molecular weight excluding hydrogens is 212 g/mol. The van der Waals surface area contributed by atoms with Crippen molar-refractivity contribution in [3.05, 3.63) is 35.4 Å². The quantitative estimate of drug-likeness (QED) is 0.786. The van der Waals surface area contributed by atoms with Gasteiger partial charge in [0.05, 0.1) is 6.17 Å². The zero-order valence-electron chi connectivity index (χ0n) is 8.92. The molecule has 1 aliphatic heterocycles. The van der Waals surface area contributed by atoms with Crippen molar-refractivity contribution < 1.29 is 8.78 Å². The van der Waals surface area contributed by atoms with Crippen LogP contribution in [0.15, 0.2) is 18.2 Å². The van der Waals surface area contributed by atoms with Crippen molar-refractivity contribution in [2.24, 2.45) is 5.73 Å². The summed E-state index contributed by atoms with van der Waals surface area (Å²) in [6.45, 7) is 3.38. The molecule has 3 N–H and O–H groups in total. The van der Waals surface area contributed by atoms with Crippen molar-refractivity contribution in [3.63, 3.8) is 0 Å². The van der Waals surface area contributed by atoms with Crippen LogP contribution in [0, 0.1) is 11.6 Å². The van der Waals surface area contributed by atoms with Gasteiger partial charge in [0, 0.05) is 26.2 Å². The van der Waals surface area contributed by atoms with Crippen molar-refractivity contribution in [2.45, 2.75) is 6.17 Å². The Hall–Kier alpha value is -1.04. The molecule has 1 heterocycles. The van der Waals surface area contributed by atoms with Crippen molar-refractivity contribution in [1.29, 1.82) is 0 Å². The summed E-state index contributed by atoms with van der Waals surface area (Å²) in [6.07, 6.45) is -0.364. The highest BCUT2D eigenvalue weighted by Gasteiger charge is 2.19. The van der Waals surface area contributed by atoms with Crippen LogP contribution in [-0.4, -0.2) is 31.1 Å². The van der Waals surface area contributed by atoms with Gasteiger partial charge in [0.2, 0.25) is 0 Å². The first-order valence-electron chi connectivity index (χ1n) is 5.34. The van der Waals surface area contributed by atoms with Gasteiger partial charge in [-0.25, -0.2) is 8.78 Å². The monoisotopic (exact) mass is 227 g/mol. The Balaban J connectivity index is 2.12. The number of hydrogen-bond acceptors (Lipinski definition) is 3. The summed E-state index contributed by atoms with van der Waals surface area (Å²) in [5.74, 6) is -1.68. The zero-order chi connectivity index (χ0) is 11.5. The zero-order valence-corrected chi connectivity index (χ0v) is 8.92. The summed E-state index contributed by atoms with van der Waals surface area (Å²) in [5, 5.41) is 3.21. The van der Waals surface area contributed by atoms with E-state index in [-0.39, 0.29) is 6.17 Å². The standard InChI is InChI=1S/C11H15F2N3/c12-9-2-1-8(7-10(9)13)11(14)16-5-3-15-4-6-16/h1-2,7,11,15H,3-6,14H2. The molecule has 0 bridgehead atoms. The van der Waals surface area contributed by atoms with Crippen LogP contribution in [0.3, 0.4) is 0 Å². The smallest absolute Gasteiger partial charge is 0.159 e. The molecule has 16 heavy (non-hydrogen) atoms. The highest BCUT2D eigenvalue weighted by molar-refractivity contribution is 5.20. The number of nitrogens with one attached hydrogen (secondary N) is 1. The fourth-order valence-electron chi connectivity index (χ4n) is 1.87. The Morgan fingerprint density at radius 1 is 1.19 bits per heavy atom. The fourth-order valence-corrected chi connectivity index (χ4v) is 1.87.